The second-order valence-corrected chi connectivity index (χ2v) is 6.94. The van der Waals surface area contributed by atoms with E-state index in [0.29, 0.717) is 12.5 Å². The quantitative estimate of drug-likeness (QED) is 0.492. The van der Waals surface area contributed by atoms with Crippen molar-refractivity contribution in [2.75, 3.05) is 0 Å². The maximum absolute atomic E-state index is 9.06. The van der Waals surface area contributed by atoms with Gasteiger partial charge in [0.25, 0.3) is 0 Å². The summed E-state index contributed by atoms with van der Waals surface area (Å²) < 4.78 is 5.81. The minimum Gasteiger partial charge on any atom is -0.489 e. The van der Waals surface area contributed by atoms with Crippen molar-refractivity contribution >= 4 is 0 Å². The molecule has 0 radical (unpaired) electrons. The predicted octanol–water partition coefficient (Wildman–Crippen LogP) is 6.22. The molecule has 2 aromatic rings. The zero-order valence-electron chi connectivity index (χ0n) is 15.7. The lowest BCUT2D eigenvalue weighted by atomic mass is 9.94. The molecule has 2 heteroatoms. The molecule has 0 spiro atoms. The van der Waals surface area contributed by atoms with Crippen LogP contribution in [-0.2, 0) is 13.2 Å². The molecule has 1 N–H and O–H groups in total. The van der Waals surface area contributed by atoms with E-state index in [2.05, 4.69) is 38.1 Å². The summed E-state index contributed by atoms with van der Waals surface area (Å²) in [7, 11) is 0. The average molecular weight is 341 g/mol. The summed E-state index contributed by atoms with van der Waals surface area (Å²) in [6, 6.07) is 16.4. The van der Waals surface area contributed by atoms with E-state index in [9.17, 15) is 0 Å². The summed E-state index contributed by atoms with van der Waals surface area (Å²) in [5.41, 5.74) is 3.51. The maximum atomic E-state index is 9.06. The van der Waals surface area contributed by atoms with E-state index in [0.717, 1.165) is 11.3 Å². The van der Waals surface area contributed by atoms with Gasteiger partial charge in [0.2, 0.25) is 0 Å². The molecule has 0 aliphatic rings. The zero-order valence-corrected chi connectivity index (χ0v) is 15.7. The van der Waals surface area contributed by atoms with Crippen LogP contribution >= 0.6 is 0 Å². The van der Waals surface area contributed by atoms with E-state index in [1.54, 1.807) is 0 Å². The first kappa shape index (κ1) is 19.5. The molecule has 1 unspecified atom stereocenters. The maximum Gasteiger partial charge on any atom is 0.119 e. The van der Waals surface area contributed by atoms with E-state index < -0.39 is 0 Å². The smallest absolute Gasteiger partial charge is 0.119 e. The number of ether oxygens (including phenoxy) is 1. The lowest BCUT2D eigenvalue weighted by Crippen LogP contribution is -1.98. The lowest BCUT2D eigenvalue weighted by molar-refractivity contribution is 0.280. The van der Waals surface area contributed by atoms with Crippen LogP contribution < -0.4 is 4.74 Å². The summed E-state index contributed by atoms with van der Waals surface area (Å²) in [5.74, 6) is 1.46. The van der Waals surface area contributed by atoms with Crippen LogP contribution in [0.1, 0.15) is 75.0 Å². The fourth-order valence-electron chi connectivity index (χ4n) is 3.02. The van der Waals surface area contributed by atoms with Crippen LogP contribution in [0.15, 0.2) is 48.5 Å². The van der Waals surface area contributed by atoms with Gasteiger partial charge in [-0.2, -0.15) is 0 Å². The SMILES string of the molecule is CCCCCCCC(C)c1ccc(COc2ccc(CO)cc2)cc1. The Bertz CT molecular complexity index is 586. The van der Waals surface area contributed by atoms with Crippen LogP contribution in [0, 0.1) is 0 Å². The second kappa shape index (κ2) is 10.9. The van der Waals surface area contributed by atoms with Gasteiger partial charge in [0.1, 0.15) is 12.4 Å². The average Bonchev–Trinajstić information content (AvgIpc) is 2.67. The van der Waals surface area contributed by atoms with Crippen molar-refractivity contribution < 1.29 is 9.84 Å². The molecule has 0 bridgehead atoms. The Morgan fingerprint density at radius 3 is 2.12 bits per heavy atom. The molecule has 0 fully saturated rings. The highest BCUT2D eigenvalue weighted by atomic mass is 16.5. The topological polar surface area (TPSA) is 29.5 Å². The monoisotopic (exact) mass is 340 g/mol. The Kier molecular flexibility index (Phi) is 8.54. The number of rotatable bonds is 11. The third-order valence-corrected chi connectivity index (χ3v) is 4.80. The Labute approximate surface area is 152 Å². The van der Waals surface area contributed by atoms with Crippen LogP contribution in [0.5, 0.6) is 5.75 Å². The van der Waals surface area contributed by atoms with Gasteiger partial charge in [-0.25, -0.2) is 0 Å². The van der Waals surface area contributed by atoms with Crippen LogP contribution in [0.4, 0.5) is 0 Å². The molecule has 2 nitrogen and oxygen atoms in total. The predicted molar refractivity (Wildman–Crippen MR) is 105 cm³/mol. The summed E-state index contributed by atoms with van der Waals surface area (Å²) in [6.45, 7) is 5.23. The minimum absolute atomic E-state index is 0.0680. The minimum atomic E-state index is 0.0680. The molecule has 1 atom stereocenters. The van der Waals surface area contributed by atoms with Crippen LogP contribution in [0.25, 0.3) is 0 Å². The van der Waals surface area contributed by atoms with Gasteiger partial charge in [-0.15, -0.1) is 0 Å². The summed E-state index contributed by atoms with van der Waals surface area (Å²) in [4.78, 5) is 0. The Balaban J connectivity index is 1.76. The van der Waals surface area contributed by atoms with Crippen molar-refractivity contribution in [3.8, 4) is 5.75 Å². The van der Waals surface area contributed by atoms with Crippen LogP contribution in [0.3, 0.4) is 0 Å². The van der Waals surface area contributed by atoms with Crippen molar-refractivity contribution in [2.24, 2.45) is 0 Å². The Morgan fingerprint density at radius 2 is 1.48 bits per heavy atom. The van der Waals surface area contributed by atoms with Crippen molar-refractivity contribution in [3.63, 3.8) is 0 Å². The van der Waals surface area contributed by atoms with Gasteiger partial charge in [0.15, 0.2) is 0 Å². The number of aliphatic hydroxyl groups is 1. The Hall–Kier alpha value is -1.80. The van der Waals surface area contributed by atoms with E-state index in [1.807, 2.05) is 24.3 Å². The molecule has 0 aromatic heterocycles. The van der Waals surface area contributed by atoms with Crippen molar-refractivity contribution in [1.82, 2.24) is 0 Å². The van der Waals surface area contributed by atoms with Gasteiger partial charge >= 0.3 is 0 Å². The molecule has 0 aliphatic heterocycles. The molecule has 0 heterocycles. The zero-order chi connectivity index (χ0) is 17.9. The molecule has 2 aromatic carbocycles. The summed E-state index contributed by atoms with van der Waals surface area (Å²) in [5, 5.41) is 9.06. The summed E-state index contributed by atoms with van der Waals surface area (Å²) in [6.07, 6.45) is 8.01. The Morgan fingerprint density at radius 1 is 0.840 bits per heavy atom. The normalized spacial score (nSPS) is 12.1. The van der Waals surface area contributed by atoms with E-state index >= 15 is 0 Å². The molecule has 2 rings (SSSR count). The van der Waals surface area contributed by atoms with E-state index in [-0.39, 0.29) is 6.61 Å². The van der Waals surface area contributed by atoms with Crippen LogP contribution in [0.2, 0.25) is 0 Å². The number of hydrogen-bond acceptors (Lipinski definition) is 2. The molecule has 0 aliphatic carbocycles. The standard InChI is InChI=1S/C23H32O2/c1-3-4-5-6-7-8-19(2)22-13-9-21(10-14-22)18-25-23-15-11-20(17-24)12-16-23/h9-16,19,24H,3-8,17-18H2,1-2H3. The van der Waals surface area contributed by atoms with E-state index in [1.165, 1.54) is 49.7 Å². The second-order valence-electron chi connectivity index (χ2n) is 6.94. The third-order valence-electron chi connectivity index (χ3n) is 4.80. The van der Waals surface area contributed by atoms with Gasteiger partial charge in [0.05, 0.1) is 6.61 Å². The molecule has 0 amide bonds. The van der Waals surface area contributed by atoms with E-state index in [4.69, 9.17) is 9.84 Å². The van der Waals surface area contributed by atoms with Gasteiger partial charge < -0.3 is 9.84 Å². The van der Waals surface area contributed by atoms with Gasteiger partial charge in [-0.3, -0.25) is 0 Å². The fraction of sp³-hybridized carbons (Fsp3) is 0.478. The van der Waals surface area contributed by atoms with Crippen molar-refractivity contribution in [3.05, 3.63) is 65.2 Å². The molecule has 136 valence electrons. The van der Waals surface area contributed by atoms with Gasteiger partial charge in [-0.1, -0.05) is 82.3 Å². The molecule has 0 saturated carbocycles. The highest BCUT2D eigenvalue weighted by molar-refractivity contribution is 5.28. The largest absolute Gasteiger partial charge is 0.489 e. The fourth-order valence-corrected chi connectivity index (χ4v) is 3.02. The number of unbranched alkanes of at least 4 members (excludes halogenated alkanes) is 4. The number of aliphatic hydroxyl groups excluding tert-OH is 1. The molecule has 25 heavy (non-hydrogen) atoms. The third kappa shape index (κ3) is 6.91. The first-order chi connectivity index (χ1) is 12.2. The van der Waals surface area contributed by atoms with Crippen molar-refractivity contribution in [1.29, 1.82) is 0 Å². The molecule has 0 saturated heterocycles. The highest BCUT2D eigenvalue weighted by Gasteiger charge is 2.05. The molecular formula is C23H32O2. The first-order valence-electron chi connectivity index (χ1n) is 9.64. The summed E-state index contributed by atoms with van der Waals surface area (Å²) >= 11 is 0. The van der Waals surface area contributed by atoms with Gasteiger partial charge in [0, 0.05) is 0 Å². The highest BCUT2D eigenvalue weighted by Crippen LogP contribution is 2.23. The van der Waals surface area contributed by atoms with Gasteiger partial charge in [-0.05, 0) is 41.2 Å². The lowest BCUT2D eigenvalue weighted by Gasteiger charge is -2.13. The van der Waals surface area contributed by atoms with Crippen molar-refractivity contribution in [2.45, 2.75) is 71.5 Å². The number of hydrogen-bond donors (Lipinski definition) is 1. The molecular weight excluding hydrogens is 308 g/mol. The van der Waals surface area contributed by atoms with Crippen LogP contribution in [-0.4, -0.2) is 5.11 Å². The first-order valence-corrected chi connectivity index (χ1v) is 9.64. The number of benzene rings is 2.